The summed E-state index contributed by atoms with van der Waals surface area (Å²) in [5.74, 6) is -0.599. The van der Waals surface area contributed by atoms with Gasteiger partial charge in [0.05, 0.1) is 18.9 Å². The quantitative estimate of drug-likeness (QED) is 0.303. The van der Waals surface area contributed by atoms with Crippen molar-refractivity contribution in [1.82, 2.24) is 10.0 Å². The van der Waals surface area contributed by atoms with Crippen molar-refractivity contribution in [3.05, 3.63) is 35.9 Å². The van der Waals surface area contributed by atoms with Gasteiger partial charge in [0.1, 0.15) is 29.8 Å². The average Bonchev–Trinajstić information content (AvgIpc) is 2.81. The van der Waals surface area contributed by atoms with Gasteiger partial charge in [0.15, 0.2) is 0 Å². The first-order valence-corrected chi connectivity index (χ1v) is 14.6. The molecule has 11 heteroatoms. The molecule has 2 fully saturated rings. The van der Waals surface area contributed by atoms with E-state index in [1.807, 2.05) is 30.3 Å². The first kappa shape index (κ1) is 27.4. The number of aliphatic hydroxyl groups is 3. The largest absolute Gasteiger partial charge is 0.394 e. The number of carbonyl (C=O) groups excluding carboxylic acids is 1. The number of hydrogen-bond acceptors (Lipinski definition) is 8. The van der Waals surface area contributed by atoms with Gasteiger partial charge in [-0.25, -0.2) is 13.1 Å². The third-order valence-corrected chi connectivity index (χ3v) is 8.55. The molecule has 0 bridgehead atoms. The van der Waals surface area contributed by atoms with Crippen molar-refractivity contribution < 1.29 is 33.3 Å². The van der Waals surface area contributed by atoms with Gasteiger partial charge in [-0.1, -0.05) is 49.6 Å². The molecule has 1 saturated carbocycles. The van der Waals surface area contributed by atoms with Crippen molar-refractivity contribution in [1.29, 1.82) is 0 Å². The highest BCUT2D eigenvalue weighted by Crippen LogP contribution is 2.36. The molecule has 192 valence electrons. The van der Waals surface area contributed by atoms with Crippen LogP contribution in [0.2, 0.25) is 0 Å². The summed E-state index contributed by atoms with van der Waals surface area (Å²) in [5, 5.41) is 33.8. The lowest BCUT2D eigenvalue weighted by Gasteiger charge is -2.44. The van der Waals surface area contributed by atoms with E-state index in [0.717, 1.165) is 37.5 Å². The highest BCUT2D eigenvalue weighted by atomic mass is 32.2. The predicted molar refractivity (Wildman–Crippen MR) is 131 cm³/mol. The van der Waals surface area contributed by atoms with Crippen molar-refractivity contribution in [2.24, 2.45) is 0 Å². The monoisotopic (exact) mass is 516 g/mol. The van der Waals surface area contributed by atoms with Crippen LogP contribution in [0.25, 0.3) is 0 Å². The minimum atomic E-state index is -3.68. The Labute approximate surface area is 205 Å². The summed E-state index contributed by atoms with van der Waals surface area (Å²) in [7, 11) is -3.68. The Bertz CT molecular complexity index is 881. The predicted octanol–water partition coefficient (Wildman–Crippen LogP) is 0.527. The molecule has 1 saturated heterocycles. The molecule has 0 radical (unpaired) electrons. The molecule has 1 aliphatic carbocycles. The summed E-state index contributed by atoms with van der Waals surface area (Å²) < 4.78 is 32.2. The lowest BCUT2D eigenvalue weighted by molar-refractivity contribution is -0.174. The number of nitrogens with one attached hydrogen (secondary N) is 2. The normalized spacial score (nSPS) is 29.5. The Balaban J connectivity index is 1.74. The van der Waals surface area contributed by atoms with Crippen LogP contribution in [0, 0.1) is 0 Å². The Morgan fingerprint density at radius 2 is 1.82 bits per heavy atom. The molecule has 1 heterocycles. The Kier molecular flexibility index (Phi) is 10.2. The second-order valence-electron chi connectivity index (χ2n) is 9.10. The third kappa shape index (κ3) is 7.91. The molecular weight excluding hydrogens is 480 g/mol. The smallest absolute Gasteiger partial charge is 0.238 e. The molecule has 0 unspecified atom stereocenters. The summed E-state index contributed by atoms with van der Waals surface area (Å²) in [6.07, 6.45) is 3.29. The fourth-order valence-electron chi connectivity index (χ4n) is 4.47. The van der Waals surface area contributed by atoms with Crippen LogP contribution in [0.5, 0.6) is 0 Å². The number of rotatable bonds is 10. The number of aryl methyl sites for hydroxylation is 1. The van der Waals surface area contributed by atoms with E-state index in [1.165, 1.54) is 18.2 Å². The number of aliphatic hydroxyl groups excluding tert-OH is 3. The van der Waals surface area contributed by atoms with Crippen LogP contribution in [0.4, 0.5) is 0 Å². The third-order valence-electron chi connectivity index (χ3n) is 6.31. The van der Waals surface area contributed by atoms with Gasteiger partial charge in [0, 0.05) is 5.25 Å². The topological polar surface area (TPSA) is 145 Å². The number of sulfonamides is 1. The van der Waals surface area contributed by atoms with Gasteiger partial charge in [-0.15, -0.1) is 11.8 Å². The van der Waals surface area contributed by atoms with Crippen LogP contribution >= 0.6 is 11.8 Å². The fraction of sp³-hybridized carbons (Fsp3) is 0.696. The average molecular weight is 517 g/mol. The summed E-state index contributed by atoms with van der Waals surface area (Å²) in [4.78, 5) is 13.2. The Morgan fingerprint density at radius 1 is 1.15 bits per heavy atom. The maximum atomic E-state index is 13.2. The minimum absolute atomic E-state index is 0.217. The van der Waals surface area contributed by atoms with E-state index in [-0.39, 0.29) is 11.7 Å². The Morgan fingerprint density at radius 3 is 2.44 bits per heavy atom. The molecule has 9 nitrogen and oxygen atoms in total. The van der Waals surface area contributed by atoms with Crippen LogP contribution in [-0.2, 0) is 26.0 Å². The maximum absolute atomic E-state index is 13.2. The van der Waals surface area contributed by atoms with Crippen LogP contribution in [0.3, 0.4) is 0 Å². The Hall–Kier alpha value is -1.21. The van der Waals surface area contributed by atoms with Gasteiger partial charge < -0.3 is 25.4 Å². The molecule has 1 aromatic carbocycles. The lowest BCUT2D eigenvalue weighted by atomic mass is 9.97. The van der Waals surface area contributed by atoms with Crippen molar-refractivity contribution in [3.8, 4) is 0 Å². The summed E-state index contributed by atoms with van der Waals surface area (Å²) in [6, 6.07) is 7.40. The molecule has 5 N–H and O–H groups in total. The molecule has 0 spiro atoms. The first-order chi connectivity index (χ1) is 16.2. The SMILES string of the molecule is CS(=O)(=O)N[C@@H](CCc1ccccc1)C(=O)N[C@@H]1[C@@H](O)[C@H](O)[C@@H](CO)O[C@@H]1SC1CCCCC1. The van der Waals surface area contributed by atoms with Crippen LogP contribution < -0.4 is 10.0 Å². The zero-order chi connectivity index (χ0) is 24.7. The van der Waals surface area contributed by atoms with Crippen molar-refractivity contribution >= 4 is 27.7 Å². The van der Waals surface area contributed by atoms with Gasteiger partial charge in [0.2, 0.25) is 15.9 Å². The molecule has 2 aliphatic rings. The van der Waals surface area contributed by atoms with E-state index < -0.39 is 58.4 Å². The zero-order valence-electron chi connectivity index (χ0n) is 19.4. The molecular formula is C23H36N2O7S2. The number of ether oxygens (including phenoxy) is 1. The minimum Gasteiger partial charge on any atom is -0.394 e. The number of amides is 1. The number of thioether (sulfide) groups is 1. The van der Waals surface area contributed by atoms with Gasteiger partial charge in [-0.05, 0) is 31.2 Å². The summed E-state index contributed by atoms with van der Waals surface area (Å²) in [5.41, 5.74) is 0.277. The lowest BCUT2D eigenvalue weighted by Crippen LogP contribution is -2.65. The van der Waals surface area contributed by atoms with Gasteiger partial charge in [-0.2, -0.15) is 0 Å². The van der Waals surface area contributed by atoms with E-state index in [9.17, 15) is 28.5 Å². The second-order valence-corrected chi connectivity index (χ2v) is 12.3. The molecule has 34 heavy (non-hydrogen) atoms. The number of hydrogen-bond donors (Lipinski definition) is 5. The highest BCUT2D eigenvalue weighted by Gasteiger charge is 2.46. The first-order valence-electron chi connectivity index (χ1n) is 11.8. The van der Waals surface area contributed by atoms with E-state index >= 15 is 0 Å². The highest BCUT2D eigenvalue weighted by molar-refractivity contribution is 8.00. The van der Waals surface area contributed by atoms with Crippen molar-refractivity contribution in [2.45, 2.75) is 86.0 Å². The van der Waals surface area contributed by atoms with E-state index in [2.05, 4.69) is 10.0 Å². The molecule has 1 aliphatic heterocycles. The molecule has 3 rings (SSSR count). The number of carbonyl (C=O) groups is 1. The fourth-order valence-corrected chi connectivity index (χ4v) is 6.80. The number of benzene rings is 1. The standard InChI is InChI=1S/C23H36N2O7S2/c1-34(30,31)25-17(13-12-15-8-4-2-5-9-15)22(29)24-19-21(28)20(27)18(14-26)32-23(19)33-16-10-6-3-7-11-16/h2,4-5,8-9,16-21,23,25-28H,3,6-7,10-14H2,1H3,(H,24,29)/t17-,18+,19+,20+,21+,23+/m0/s1. The van der Waals surface area contributed by atoms with Crippen LogP contribution in [-0.4, -0.2) is 83.6 Å². The molecule has 0 aromatic heterocycles. The van der Waals surface area contributed by atoms with Crippen molar-refractivity contribution in [3.63, 3.8) is 0 Å². The van der Waals surface area contributed by atoms with Gasteiger partial charge in [0.25, 0.3) is 0 Å². The van der Waals surface area contributed by atoms with E-state index in [4.69, 9.17) is 4.74 Å². The van der Waals surface area contributed by atoms with Gasteiger partial charge >= 0.3 is 0 Å². The molecule has 6 atom stereocenters. The molecule has 1 amide bonds. The van der Waals surface area contributed by atoms with Crippen molar-refractivity contribution in [2.75, 3.05) is 12.9 Å². The maximum Gasteiger partial charge on any atom is 0.238 e. The van der Waals surface area contributed by atoms with E-state index in [0.29, 0.717) is 6.42 Å². The second kappa shape index (κ2) is 12.7. The van der Waals surface area contributed by atoms with Crippen LogP contribution in [0.1, 0.15) is 44.1 Å². The summed E-state index contributed by atoms with van der Waals surface area (Å²) >= 11 is 1.49. The zero-order valence-corrected chi connectivity index (χ0v) is 21.0. The van der Waals surface area contributed by atoms with Gasteiger partial charge in [-0.3, -0.25) is 4.79 Å². The van der Waals surface area contributed by atoms with E-state index in [1.54, 1.807) is 0 Å². The summed E-state index contributed by atoms with van der Waals surface area (Å²) in [6.45, 7) is -0.462. The van der Waals surface area contributed by atoms with Crippen LogP contribution in [0.15, 0.2) is 30.3 Å². The molecule has 1 aromatic rings.